The number of hydrogen-bond acceptors (Lipinski definition) is 4. The third-order valence-corrected chi connectivity index (χ3v) is 2.87. The van der Waals surface area contributed by atoms with E-state index >= 15 is 0 Å². The number of aromatic nitrogens is 1. The quantitative estimate of drug-likeness (QED) is 0.395. The van der Waals surface area contributed by atoms with E-state index in [1.54, 1.807) is 6.92 Å². The van der Waals surface area contributed by atoms with Crippen molar-refractivity contribution in [1.29, 1.82) is 0 Å². The average Bonchev–Trinajstić information content (AvgIpc) is 2.45. The van der Waals surface area contributed by atoms with Crippen LogP contribution in [0.3, 0.4) is 0 Å². The molecule has 0 aromatic carbocycles. The monoisotopic (exact) mass is 326 g/mol. The molecule has 0 radical (unpaired) electrons. The van der Waals surface area contributed by atoms with Crippen LogP contribution in [0.25, 0.3) is 0 Å². The highest BCUT2D eigenvalue weighted by Gasteiger charge is 2.21. The van der Waals surface area contributed by atoms with Crippen molar-refractivity contribution >= 4 is 23.8 Å². The van der Waals surface area contributed by atoms with Crippen molar-refractivity contribution in [3.8, 4) is 0 Å². The summed E-state index contributed by atoms with van der Waals surface area (Å²) in [5.74, 6) is -0.696. The van der Waals surface area contributed by atoms with Crippen molar-refractivity contribution < 1.29 is 24.6 Å². The van der Waals surface area contributed by atoms with E-state index in [4.69, 9.17) is 10.2 Å². The van der Waals surface area contributed by atoms with Crippen molar-refractivity contribution in [2.45, 2.75) is 25.8 Å². The van der Waals surface area contributed by atoms with Crippen LogP contribution >= 0.6 is 0 Å². The van der Waals surface area contributed by atoms with E-state index in [0.717, 1.165) is 0 Å². The molecule has 23 heavy (non-hydrogen) atoms. The van der Waals surface area contributed by atoms with Gasteiger partial charge < -0.3 is 31.1 Å². The third-order valence-electron chi connectivity index (χ3n) is 2.87. The molecule has 0 bridgehead atoms. The normalized spacial score (nSPS) is 11.3. The maximum Gasteiger partial charge on any atom is 0.405 e. The lowest BCUT2D eigenvalue weighted by atomic mass is 10.1. The number of H-pyrrole nitrogens is 1. The molecule has 0 aliphatic carbocycles. The molecular formula is C13H18N4O6. The Bertz CT molecular complexity index is 642. The van der Waals surface area contributed by atoms with Crippen LogP contribution in [0.4, 0.5) is 15.3 Å². The van der Waals surface area contributed by atoms with Gasteiger partial charge in [-0.2, -0.15) is 0 Å². The number of pyridine rings is 1. The molecule has 1 atom stereocenters. The molecule has 0 spiro atoms. The molecule has 10 nitrogen and oxygen atoms in total. The zero-order valence-electron chi connectivity index (χ0n) is 12.4. The fraction of sp³-hybridized carbons (Fsp3) is 0.385. The van der Waals surface area contributed by atoms with E-state index in [1.807, 2.05) is 5.32 Å². The lowest BCUT2D eigenvalue weighted by molar-refractivity contribution is -0.118. The Kier molecular flexibility index (Phi) is 6.59. The number of anilines is 1. The van der Waals surface area contributed by atoms with Gasteiger partial charge in [0.1, 0.15) is 11.7 Å². The summed E-state index contributed by atoms with van der Waals surface area (Å²) in [6, 6.07) is 0.351. The van der Waals surface area contributed by atoms with Crippen LogP contribution in [0, 0.1) is 6.92 Å². The Labute approximate surface area is 130 Å². The number of hydrogen-bond donors (Lipinski definition) is 6. The summed E-state index contributed by atoms with van der Waals surface area (Å²) < 4.78 is 0. The van der Waals surface area contributed by atoms with Crippen LogP contribution in [0.1, 0.15) is 18.4 Å². The smallest absolute Gasteiger partial charge is 0.405 e. The average molecular weight is 326 g/mol. The first-order valence-corrected chi connectivity index (χ1v) is 6.76. The maximum atomic E-state index is 12.1. The van der Waals surface area contributed by atoms with E-state index in [0.29, 0.717) is 5.56 Å². The molecule has 0 aliphatic heterocycles. The summed E-state index contributed by atoms with van der Waals surface area (Å²) in [5.41, 5.74) is 0.217. The van der Waals surface area contributed by atoms with Gasteiger partial charge in [-0.3, -0.25) is 9.59 Å². The molecule has 1 rings (SSSR count). The molecule has 1 aromatic rings. The standard InChI is InChI=1S/C13H18N4O6/c1-7-5-9(10(18)15-6-7)16-11(19)8(17-13(22)23)3-2-4-14-12(20)21/h5-6,8,14,17H,2-4H2,1H3,(H,15,18)(H,16,19)(H,20,21)(H,22,23). The summed E-state index contributed by atoms with van der Waals surface area (Å²) in [5, 5.41) is 23.7. The first kappa shape index (κ1) is 18.0. The minimum absolute atomic E-state index is 0.0100. The molecule has 0 saturated carbocycles. The topological polar surface area (TPSA) is 161 Å². The van der Waals surface area contributed by atoms with E-state index in [-0.39, 0.29) is 25.1 Å². The van der Waals surface area contributed by atoms with Gasteiger partial charge in [-0.15, -0.1) is 0 Å². The third kappa shape index (κ3) is 6.50. The van der Waals surface area contributed by atoms with Gasteiger partial charge >= 0.3 is 12.2 Å². The van der Waals surface area contributed by atoms with Gasteiger partial charge in [0.25, 0.3) is 5.56 Å². The predicted molar refractivity (Wildman–Crippen MR) is 80.6 cm³/mol. The van der Waals surface area contributed by atoms with Crippen molar-refractivity contribution in [3.05, 3.63) is 28.2 Å². The predicted octanol–water partition coefficient (Wildman–Crippen LogP) is 0.306. The Morgan fingerprint density at radius 2 is 1.96 bits per heavy atom. The van der Waals surface area contributed by atoms with Crippen molar-refractivity contribution in [3.63, 3.8) is 0 Å². The van der Waals surface area contributed by atoms with Gasteiger partial charge in [-0.1, -0.05) is 0 Å². The number of aromatic amines is 1. The number of carbonyl (C=O) groups excluding carboxylic acids is 1. The summed E-state index contributed by atoms with van der Waals surface area (Å²) in [6.45, 7) is 1.79. The van der Waals surface area contributed by atoms with Crippen molar-refractivity contribution in [2.24, 2.45) is 0 Å². The molecule has 0 saturated heterocycles. The highest BCUT2D eigenvalue weighted by atomic mass is 16.4. The Hall–Kier alpha value is -3.04. The minimum Gasteiger partial charge on any atom is -0.465 e. The highest BCUT2D eigenvalue weighted by Crippen LogP contribution is 2.05. The number of amides is 3. The Morgan fingerprint density at radius 3 is 2.57 bits per heavy atom. The van der Waals surface area contributed by atoms with Gasteiger partial charge in [0.2, 0.25) is 5.91 Å². The van der Waals surface area contributed by atoms with Crippen molar-refractivity contribution in [2.75, 3.05) is 11.9 Å². The van der Waals surface area contributed by atoms with Gasteiger partial charge in [-0.25, -0.2) is 9.59 Å². The summed E-state index contributed by atoms with van der Waals surface area (Å²) in [4.78, 5) is 47.2. The fourth-order valence-electron chi connectivity index (χ4n) is 1.82. The lowest BCUT2D eigenvalue weighted by Crippen LogP contribution is -2.44. The number of aryl methyl sites for hydroxylation is 1. The van der Waals surface area contributed by atoms with Crippen LogP contribution in [0.15, 0.2) is 17.1 Å². The summed E-state index contributed by atoms with van der Waals surface area (Å²) >= 11 is 0. The second kappa shape index (κ2) is 8.41. The molecule has 3 amide bonds. The molecule has 126 valence electrons. The summed E-state index contributed by atoms with van der Waals surface area (Å²) in [6.07, 6.45) is -0.808. The van der Waals surface area contributed by atoms with Gasteiger partial charge in [-0.05, 0) is 31.4 Å². The highest BCUT2D eigenvalue weighted by molar-refractivity contribution is 5.96. The second-order valence-electron chi connectivity index (χ2n) is 4.79. The van der Waals surface area contributed by atoms with Crippen LogP contribution < -0.4 is 21.5 Å². The fourth-order valence-corrected chi connectivity index (χ4v) is 1.82. The minimum atomic E-state index is -1.39. The molecule has 10 heteroatoms. The molecule has 6 N–H and O–H groups in total. The zero-order valence-corrected chi connectivity index (χ0v) is 12.4. The molecule has 0 aliphatic rings. The maximum absolute atomic E-state index is 12.1. The van der Waals surface area contributed by atoms with Crippen LogP contribution in [0.5, 0.6) is 0 Å². The molecule has 0 fully saturated rings. The van der Waals surface area contributed by atoms with E-state index < -0.39 is 29.7 Å². The zero-order chi connectivity index (χ0) is 17.4. The van der Waals surface area contributed by atoms with Gasteiger partial charge in [0.05, 0.1) is 0 Å². The van der Waals surface area contributed by atoms with Crippen LogP contribution in [-0.4, -0.2) is 45.9 Å². The largest absolute Gasteiger partial charge is 0.465 e. The van der Waals surface area contributed by atoms with Crippen molar-refractivity contribution in [1.82, 2.24) is 15.6 Å². The first-order valence-electron chi connectivity index (χ1n) is 6.76. The molecular weight excluding hydrogens is 308 g/mol. The number of rotatable bonds is 7. The Morgan fingerprint density at radius 1 is 1.26 bits per heavy atom. The molecule has 1 unspecified atom stereocenters. The van der Waals surface area contributed by atoms with E-state index in [1.165, 1.54) is 12.3 Å². The van der Waals surface area contributed by atoms with Gasteiger partial charge in [0, 0.05) is 12.7 Å². The van der Waals surface area contributed by atoms with E-state index in [2.05, 4.69) is 15.6 Å². The van der Waals surface area contributed by atoms with Crippen LogP contribution in [-0.2, 0) is 4.79 Å². The molecule has 1 heterocycles. The second-order valence-corrected chi connectivity index (χ2v) is 4.79. The van der Waals surface area contributed by atoms with Gasteiger partial charge in [0.15, 0.2) is 0 Å². The van der Waals surface area contributed by atoms with Crippen LogP contribution in [0.2, 0.25) is 0 Å². The number of nitrogens with one attached hydrogen (secondary N) is 4. The van der Waals surface area contributed by atoms with E-state index in [9.17, 15) is 19.2 Å². The first-order chi connectivity index (χ1) is 10.8. The number of carbonyl (C=O) groups is 3. The lowest BCUT2D eigenvalue weighted by Gasteiger charge is -2.16. The summed E-state index contributed by atoms with van der Waals surface area (Å²) in [7, 11) is 0. The Balaban J connectivity index is 2.71. The SMILES string of the molecule is Cc1c[nH]c(=O)c(NC(=O)C(CCCNC(=O)O)NC(=O)O)c1. The number of carboxylic acid groups (broad SMARTS) is 2. The molecule has 1 aromatic heterocycles.